The van der Waals surface area contributed by atoms with Gasteiger partial charge in [0.1, 0.15) is 6.20 Å². The maximum absolute atomic E-state index is 10.9. The zero-order valence-corrected chi connectivity index (χ0v) is 11.6. The minimum Gasteiger partial charge on any atom is -0.368 e. The van der Waals surface area contributed by atoms with Gasteiger partial charge in [-0.2, -0.15) is 16.7 Å². The van der Waals surface area contributed by atoms with Crippen molar-refractivity contribution >= 4 is 29.2 Å². The average Bonchev–Trinajstić information content (AvgIpc) is 2.85. The molecule has 0 unspecified atom stereocenters. The summed E-state index contributed by atoms with van der Waals surface area (Å²) in [6.45, 7) is 0.658. The number of nitro groups is 1. The normalized spacial score (nSPS) is 17.3. The Balaban J connectivity index is 2.14. The number of anilines is 2. The molecule has 19 heavy (non-hydrogen) atoms. The third-order valence-electron chi connectivity index (χ3n) is 3.51. The number of thioether (sulfide) groups is 1. The Kier molecular flexibility index (Phi) is 4.08. The van der Waals surface area contributed by atoms with Crippen molar-refractivity contribution in [1.29, 1.82) is 0 Å². The van der Waals surface area contributed by atoms with Crippen LogP contribution in [0.25, 0.3) is 0 Å². The van der Waals surface area contributed by atoms with Gasteiger partial charge in [-0.1, -0.05) is 12.8 Å². The van der Waals surface area contributed by atoms with Gasteiger partial charge in [0.2, 0.25) is 11.8 Å². The van der Waals surface area contributed by atoms with Crippen molar-refractivity contribution in [3.8, 4) is 0 Å². The van der Waals surface area contributed by atoms with E-state index in [1.54, 1.807) is 0 Å². The van der Waals surface area contributed by atoms with Crippen molar-refractivity contribution in [2.45, 2.75) is 30.4 Å². The predicted molar refractivity (Wildman–Crippen MR) is 76.3 cm³/mol. The van der Waals surface area contributed by atoms with Gasteiger partial charge in [-0.05, 0) is 19.1 Å². The van der Waals surface area contributed by atoms with Gasteiger partial charge in [0, 0.05) is 11.3 Å². The topological polar surface area (TPSA) is 107 Å². The second-order valence-corrected chi connectivity index (χ2v) is 5.94. The van der Waals surface area contributed by atoms with Gasteiger partial charge in [-0.15, -0.1) is 0 Å². The fraction of sp³-hybridized carbons (Fsp3) is 0.636. The van der Waals surface area contributed by atoms with Crippen molar-refractivity contribution < 1.29 is 4.92 Å². The zero-order chi connectivity index (χ0) is 13.9. The van der Waals surface area contributed by atoms with E-state index in [9.17, 15) is 10.1 Å². The Hall–Kier alpha value is -1.57. The first kappa shape index (κ1) is 13.9. The zero-order valence-electron chi connectivity index (χ0n) is 10.8. The Labute approximate surface area is 115 Å². The molecule has 3 N–H and O–H groups in total. The summed E-state index contributed by atoms with van der Waals surface area (Å²) >= 11 is 1.81. The summed E-state index contributed by atoms with van der Waals surface area (Å²) < 4.78 is 0.146. The molecule has 0 bridgehead atoms. The third-order valence-corrected chi connectivity index (χ3v) is 4.93. The van der Waals surface area contributed by atoms with Crippen molar-refractivity contribution in [3.63, 3.8) is 0 Å². The molecule has 1 aliphatic rings. The van der Waals surface area contributed by atoms with Crippen LogP contribution in [0.2, 0.25) is 0 Å². The SMILES string of the molecule is CSC1(CNc2nc(N)ncc2[N+](=O)[O-])CCCC1. The maximum Gasteiger partial charge on any atom is 0.329 e. The van der Waals surface area contributed by atoms with E-state index in [0.717, 1.165) is 19.0 Å². The predicted octanol–water partition coefficient (Wildman–Crippen LogP) is 2.05. The molecule has 0 spiro atoms. The molecule has 104 valence electrons. The fourth-order valence-electron chi connectivity index (χ4n) is 2.37. The van der Waals surface area contributed by atoms with E-state index in [0.29, 0.717) is 6.54 Å². The quantitative estimate of drug-likeness (QED) is 0.629. The highest BCUT2D eigenvalue weighted by Gasteiger charge is 2.33. The molecule has 0 saturated heterocycles. The molecule has 2 rings (SSSR count). The lowest BCUT2D eigenvalue weighted by Gasteiger charge is -2.27. The highest BCUT2D eigenvalue weighted by Crippen LogP contribution is 2.40. The molecule has 0 aliphatic heterocycles. The van der Waals surface area contributed by atoms with E-state index in [1.807, 2.05) is 11.8 Å². The average molecular weight is 283 g/mol. The van der Waals surface area contributed by atoms with Gasteiger partial charge in [0.15, 0.2) is 0 Å². The largest absolute Gasteiger partial charge is 0.368 e. The second-order valence-electron chi connectivity index (χ2n) is 4.67. The lowest BCUT2D eigenvalue weighted by molar-refractivity contribution is -0.384. The minimum atomic E-state index is -0.498. The smallest absolute Gasteiger partial charge is 0.329 e. The molecule has 0 aromatic carbocycles. The first-order chi connectivity index (χ1) is 9.06. The number of nitrogens with one attached hydrogen (secondary N) is 1. The Bertz CT molecular complexity index is 476. The molecule has 1 heterocycles. The highest BCUT2D eigenvalue weighted by atomic mass is 32.2. The summed E-state index contributed by atoms with van der Waals surface area (Å²) in [5.41, 5.74) is 5.35. The van der Waals surface area contributed by atoms with Crippen LogP contribution in [0.5, 0.6) is 0 Å². The van der Waals surface area contributed by atoms with Crippen molar-refractivity contribution in [2.75, 3.05) is 23.9 Å². The molecule has 1 fully saturated rings. The van der Waals surface area contributed by atoms with E-state index in [4.69, 9.17) is 5.73 Å². The third kappa shape index (κ3) is 3.06. The lowest BCUT2D eigenvalue weighted by atomic mass is 10.1. The second kappa shape index (κ2) is 5.60. The van der Waals surface area contributed by atoms with Crippen molar-refractivity contribution in [3.05, 3.63) is 16.3 Å². The fourth-order valence-corrected chi connectivity index (χ4v) is 3.28. The first-order valence-corrected chi connectivity index (χ1v) is 7.35. The summed E-state index contributed by atoms with van der Waals surface area (Å²) in [6, 6.07) is 0. The van der Waals surface area contributed by atoms with Gasteiger partial charge in [0.05, 0.1) is 4.92 Å². The van der Waals surface area contributed by atoms with Crippen molar-refractivity contribution in [2.24, 2.45) is 0 Å². The number of hydrogen-bond donors (Lipinski definition) is 2. The molecular formula is C11H17N5O2S. The van der Waals surface area contributed by atoms with Gasteiger partial charge in [0.25, 0.3) is 0 Å². The van der Waals surface area contributed by atoms with Crippen LogP contribution in [0.3, 0.4) is 0 Å². The maximum atomic E-state index is 10.9. The molecular weight excluding hydrogens is 266 g/mol. The molecule has 1 aromatic heterocycles. The van der Waals surface area contributed by atoms with Gasteiger partial charge < -0.3 is 11.1 Å². The van der Waals surface area contributed by atoms with Gasteiger partial charge in [-0.25, -0.2) is 4.98 Å². The van der Waals surface area contributed by atoms with Crippen LogP contribution >= 0.6 is 11.8 Å². The van der Waals surface area contributed by atoms with E-state index in [1.165, 1.54) is 12.8 Å². The molecule has 1 aliphatic carbocycles. The van der Waals surface area contributed by atoms with Crippen LogP contribution in [0.1, 0.15) is 25.7 Å². The molecule has 8 heteroatoms. The van der Waals surface area contributed by atoms with E-state index in [2.05, 4.69) is 21.5 Å². The van der Waals surface area contributed by atoms with Crippen LogP contribution in [0.4, 0.5) is 17.5 Å². The van der Waals surface area contributed by atoms with Crippen molar-refractivity contribution in [1.82, 2.24) is 9.97 Å². The lowest BCUT2D eigenvalue weighted by Crippen LogP contribution is -2.30. The minimum absolute atomic E-state index is 0.0396. The van der Waals surface area contributed by atoms with E-state index >= 15 is 0 Å². The Morgan fingerprint density at radius 2 is 2.26 bits per heavy atom. The molecule has 0 radical (unpaired) electrons. The number of nitrogens with zero attached hydrogens (tertiary/aromatic N) is 3. The van der Waals surface area contributed by atoms with Gasteiger partial charge in [-0.3, -0.25) is 10.1 Å². The first-order valence-electron chi connectivity index (χ1n) is 6.12. The van der Waals surface area contributed by atoms with Crippen LogP contribution in [0.15, 0.2) is 6.20 Å². The number of hydrogen-bond acceptors (Lipinski definition) is 7. The van der Waals surface area contributed by atoms with Gasteiger partial charge >= 0.3 is 5.69 Å². The van der Waals surface area contributed by atoms with Crippen LogP contribution in [-0.2, 0) is 0 Å². The van der Waals surface area contributed by atoms with Crippen LogP contribution in [-0.4, -0.2) is 32.4 Å². The van der Waals surface area contributed by atoms with E-state index < -0.39 is 4.92 Å². The Morgan fingerprint density at radius 3 is 2.84 bits per heavy atom. The summed E-state index contributed by atoms with van der Waals surface area (Å²) in [5, 5.41) is 14.0. The molecule has 7 nitrogen and oxygen atoms in total. The number of nitrogen functional groups attached to an aromatic ring is 1. The monoisotopic (exact) mass is 283 g/mol. The number of nitrogens with two attached hydrogens (primary N) is 1. The summed E-state index contributed by atoms with van der Waals surface area (Å²) in [4.78, 5) is 18.0. The van der Waals surface area contributed by atoms with E-state index in [-0.39, 0.29) is 22.2 Å². The number of aromatic nitrogens is 2. The summed E-state index contributed by atoms with van der Waals surface area (Å²) in [6.07, 6.45) is 7.87. The highest BCUT2D eigenvalue weighted by molar-refractivity contribution is 8.00. The standard InChI is InChI=1S/C11H17N5O2S/c1-19-11(4-2-3-5-11)7-14-9-8(16(17)18)6-13-10(12)15-9/h6H,2-5,7H2,1H3,(H3,12,13,14,15). The summed E-state index contributed by atoms with van der Waals surface area (Å²) in [7, 11) is 0. The number of rotatable bonds is 5. The van der Waals surface area contributed by atoms with Crippen LogP contribution in [0, 0.1) is 10.1 Å². The molecule has 1 saturated carbocycles. The molecule has 1 aromatic rings. The molecule has 0 atom stereocenters. The molecule has 0 amide bonds. The summed E-state index contributed by atoms with van der Waals surface area (Å²) in [5.74, 6) is 0.246. The van der Waals surface area contributed by atoms with Crippen LogP contribution < -0.4 is 11.1 Å². The Morgan fingerprint density at radius 1 is 1.58 bits per heavy atom.